The lowest BCUT2D eigenvalue weighted by Gasteiger charge is -2.09. The van der Waals surface area contributed by atoms with Gasteiger partial charge in [0.2, 0.25) is 5.95 Å². The number of H-pyrrole nitrogens is 1. The van der Waals surface area contributed by atoms with Crippen LogP contribution in [0.1, 0.15) is 0 Å². The molecule has 0 fully saturated rings. The van der Waals surface area contributed by atoms with Crippen LogP contribution in [0.4, 0.5) is 24.9 Å². The fourth-order valence-electron chi connectivity index (χ4n) is 1.42. The standard InChI is InChI=1S/C9H11F3N6S/c1-13-8-16-6(5-4-15-18-7(5)17-8)14-2-3-19-9(10,11)12/h4H,2-3H2,1H3,(H3,13,14,15,16,17,18). The fraction of sp³-hybridized carbons (Fsp3) is 0.444. The van der Waals surface area contributed by atoms with Gasteiger partial charge in [-0.25, -0.2) is 0 Å². The van der Waals surface area contributed by atoms with Gasteiger partial charge < -0.3 is 10.6 Å². The van der Waals surface area contributed by atoms with E-state index in [0.717, 1.165) is 0 Å². The van der Waals surface area contributed by atoms with Gasteiger partial charge in [0.25, 0.3) is 0 Å². The number of aromatic amines is 1. The molecule has 2 aromatic rings. The lowest BCUT2D eigenvalue weighted by molar-refractivity contribution is -0.0327. The largest absolute Gasteiger partial charge is 0.441 e. The van der Waals surface area contributed by atoms with Gasteiger partial charge in [0, 0.05) is 19.3 Å². The first-order chi connectivity index (χ1) is 8.99. The van der Waals surface area contributed by atoms with E-state index in [1.165, 1.54) is 6.20 Å². The first-order valence-electron chi connectivity index (χ1n) is 5.33. The lowest BCUT2D eigenvalue weighted by Crippen LogP contribution is -2.11. The third kappa shape index (κ3) is 3.63. The molecule has 0 saturated heterocycles. The Balaban J connectivity index is 2.05. The molecule has 0 bridgehead atoms. The van der Waals surface area contributed by atoms with Crippen LogP contribution in [0.5, 0.6) is 0 Å². The molecule has 0 aliphatic rings. The zero-order chi connectivity index (χ0) is 13.9. The van der Waals surface area contributed by atoms with E-state index >= 15 is 0 Å². The van der Waals surface area contributed by atoms with E-state index < -0.39 is 5.51 Å². The lowest BCUT2D eigenvalue weighted by atomic mass is 10.4. The van der Waals surface area contributed by atoms with Crippen LogP contribution in [-0.2, 0) is 0 Å². The minimum atomic E-state index is -4.21. The minimum Gasteiger partial charge on any atom is -0.368 e. The molecule has 104 valence electrons. The highest BCUT2D eigenvalue weighted by Gasteiger charge is 2.27. The van der Waals surface area contributed by atoms with Gasteiger partial charge in [-0.2, -0.15) is 28.2 Å². The average Bonchev–Trinajstić information content (AvgIpc) is 2.81. The maximum absolute atomic E-state index is 12.0. The van der Waals surface area contributed by atoms with Crippen molar-refractivity contribution in [3.05, 3.63) is 6.20 Å². The second-order valence-corrected chi connectivity index (χ2v) is 4.66. The number of hydrogen-bond donors (Lipinski definition) is 3. The molecule has 0 unspecified atom stereocenters. The Morgan fingerprint density at radius 2 is 2.16 bits per heavy atom. The Labute approximate surface area is 110 Å². The maximum atomic E-state index is 12.0. The van der Waals surface area contributed by atoms with Gasteiger partial charge in [-0.05, 0) is 11.8 Å². The molecule has 2 rings (SSSR count). The summed E-state index contributed by atoms with van der Waals surface area (Å²) in [7, 11) is 1.65. The number of nitrogens with one attached hydrogen (secondary N) is 3. The molecule has 2 aromatic heterocycles. The molecule has 0 atom stereocenters. The van der Waals surface area contributed by atoms with Crippen LogP contribution in [0.25, 0.3) is 11.0 Å². The van der Waals surface area contributed by atoms with Crippen molar-refractivity contribution in [3.63, 3.8) is 0 Å². The van der Waals surface area contributed by atoms with Gasteiger partial charge in [0.15, 0.2) is 5.65 Å². The van der Waals surface area contributed by atoms with Gasteiger partial charge >= 0.3 is 5.51 Å². The van der Waals surface area contributed by atoms with Crippen LogP contribution in [0.2, 0.25) is 0 Å². The topological polar surface area (TPSA) is 78.5 Å². The first kappa shape index (κ1) is 13.7. The zero-order valence-electron chi connectivity index (χ0n) is 9.88. The molecule has 3 N–H and O–H groups in total. The van der Waals surface area contributed by atoms with Crippen LogP contribution in [0.15, 0.2) is 6.20 Å². The molecular formula is C9H11F3N6S. The third-order valence-corrected chi connectivity index (χ3v) is 2.93. The highest BCUT2D eigenvalue weighted by atomic mass is 32.2. The summed E-state index contributed by atoms with van der Waals surface area (Å²) in [5, 5.41) is 12.8. The Morgan fingerprint density at radius 3 is 2.84 bits per heavy atom. The summed E-state index contributed by atoms with van der Waals surface area (Å²) < 4.78 is 36.0. The number of anilines is 2. The number of thioether (sulfide) groups is 1. The number of alkyl halides is 3. The van der Waals surface area contributed by atoms with Crippen molar-refractivity contribution < 1.29 is 13.2 Å². The summed E-state index contributed by atoms with van der Waals surface area (Å²) in [4.78, 5) is 8.26. The second-order valence-electron chi connectivity index (χ2n) is 3.50. The van der Waals surface area contributed by atoms with Gasteiger partial charge in [-0.15, -0.1) is 0 Å². The van der Waals surface area contributed by atoms with Gasteiger partial charge in [-0.1, -0.05) is 0 Å². The Bertz CT molecular complexity index is 554. The summed E-state index contributed by atoms with van der Waals surface area (Å²) in [6.45, 7) is 0.143. The van der Waals surface area contributed by atoms with Crippen molar-refractivity contribution in [2.24, 2.45) is 0 Å². The Kier molecular flexibility index (Phi) is 3.98. The van der Waals surface area contributed by atoms with E-state index in [0.29, 0.717) is 22.8 Å². The predicted octanol–water partition coefficient (Wildman–Crippen LogP) is 2.06. The van der Waals surface area contributed by atoms with E-state index in [1.54, 1.807) is 7.05 Å². The van der Waals surface area contributed by atoms with Crippen molar-refractivity contribution in [2.45, 2.75) is 5.51 Å². The second kappa shape index (κ2) is 5.51. The van der Waals surface area contributed by atoms with E-state index in [9.17, 15) is 13.2 Å². The molecule has 0 radical (unpaired) electrons. The number of hydrogen-bond acceptors (Lipinski definition) is 6. The molecule has 0 amide bonds. The number of halogens is 3. The molecule has 0 aromatic carbocycles. The van der Waals surface area contributed by atoms with Crippen LogP contribution >= 0.6 is 11.8 Å². The van der Waals surface area contributed by atoms with Crippen LogP contribution in [-0.4, -0.2) is 45.0 Å². The van der Waals surface area contributed by atoms with Crippen LogP contribution in [0, 0.1) is 0 Å². The van der Waals surface area contributed by atoms with E-state index in [4.69, 9.17) is 0 Å². The predicted molar refractivity (Wildman–Crippen MR) is 68.2 cm³/mol. The molecular weight excluding hydrogens is 281 g/mol. The van der Waals surface area contributed by atoms with Crippen molar-refractivity contribution in [2.75, 3.05) is 30.0 Å². The zero-order valence-corrected chi connectivity index (χ0v) is 10.7. The Hall–Kier alpha value is -1.71. The fourth-order valence-corrected chi connectivity index (χ4v) is 1.85. The summed E-state index contributed by atoms with van der Waals surface area (Å²) in [6.07, 6.45) is 1.52. The number of rotatable bonds is 5. The molecule has 6 nitrogen and oxygen atoms in total. The third-order valence-electron chi connectivity index (χ3n) is 2.19. The average molecular weight is 292 g/mol. The van der Waals surface area contributed by atoms with Crippen LogP contribution in [0.3, 0.4) is 0 Å². The summed E-state index contributed by atoms with van der Waals surface area (Å²) in [5.74, 6) is 0.718. The van der Waals surface area contributed by atoms with Crippen molar-refractivity contribution in [3.8, 4) is 0 Å². The smallest absolute Gasteiger partial charge is 0.368 e. The van der Waals surface area contributed by atoms with Crippen LogP contribution < -0.4 is 10.6 Å². The number of nitrogens with zero attached hydrogens (tertiary/aromatic N) is 3. The summed E-state index contributed by atoms with van der Waals surface area (Å²) in [5.41, 5.74) is -3.70. The maximum Gasteiger partial charge on any atom is 0.441 e. The molecule has 2 heterocycles. The first-order valence-corrected chi connectivity index (χ1v) is 6.31. The summed E-state index contributed by atoms with van der Waals surface area (Å²) >= 11 is -0.0747. The van der Waals surface area contributed by atoms with Gasteiger partial charge in [0.1, 0.15) is 5.82 Å². The normalized spacial score (nSPS) is 11.8. The van der Waals surface area contributed by atoms with Gasteiger partial charge in [0.05, 0.1) is 11.6 Å². The molecule has 0 aliphatic carbocycles. The minimum absolute atomic E-state index is 0.0747. The molecule has 10 heteroatoms. The van der Waals surface area contributed by atoms with E-state index in [1.807, 2.05) is 0 Å². The number of aromatic nitrogens is 4. The Morgan fingerprint density at radius 1 is 1.37 bits per heavy atom. The molecule has 0 spiro atoms. The van der Waals surface area contributed by atoms with Crippen molar-refractivity contribution in [1.82, 2.24) is 20.2 Å². The quantitative estimate of drug-likeness (QED) is 0.732. The SMILES string of the molecule is CNc1nc(NCCSC(F)(F)F)c2cn[nH]c2n1. The highest BCUT2D eigenvalue weighted by Crippen LogP contribution is 2.29. The van der Waals surface area contributed by atoms with Crippen molar-refractivity contribution >= 4 is 34.6 Å². The molecule has 0 saturated carbocycles. The highest BCUT2D eigenvalue weighted by molar-refractivity contribution is 8.00. The summed E-state index contributed by atoms with van der Waals surface area (Å²) in [6, 6.07) is 0. The van der Waals surface area contributed by atoms with Crippen molar-refractivity contribution in [1.29, 1.82) is 0 Å². The number of fused-ring (bicyclic) bond motifs is 1. The van der Waals surface area contributed by atoms with Gasteiger partial charge in [-0.3, -0.25) is 5.10 Å². The molecule has 0 aliphatic heterocycles. The van der Waals surface area contributed by atoms with E-state index in [2.05, 4.69) is 30.8 Å². The van der Waals surface area contributed by atoms with E-state index in [-0.39, 0.29) is 24.1 Å². The molecule has 19 heavy (non-hydrogen) atoms. The monoisotopic (exact) mass is 292 g/mol.